The fourth-order valence-electron chi connectivity index (χ4n) is 2.75. The van der Waals surface area contributed by atoms with Gasteiger partial charge in [-0.15, -0.1) is 0 Å². The van der Waals surface area contributed by atoms with Crippen LogP contribution >= 0.6 is 11.6 Å². The monoisotopic (exact) mass is 300 g/mol. The minimum absolute atomic E-state index is 0.155. The summed E-state index contributed by atoms with van der Waals surface area (Å²) in [6.07, 6.45) is 1.77. The summed E-state index contributed by atoms with van der Waals surface area (Å²) < 4.78 is 0. The van der Waals surface area contributed by atoms with Crippen LogP contribution in [-0.4, -0.2) is 12.1 Å². The zero-order valence-corrected chi connectivity index (χ0v) is 12.6. The minimum atomic E-state index is -0.182. The van der Waals surface area contributed by atoms with Gasteiger partial charge in [-0.3, -0.25) is 0 Å². The predicted octanol–water partition coefficient (Wildman–Crippen LogP) is 3.94. The van der Waals surface area contributed by atoms with E-state index in [9.17, 15) is 4.79 Å². The number of anilines is 1. The van der Waals surface area contributed by atoms with Gasteiger partial charge >= 0.3 is 6.03 Å². The van der Waals surface area contributed by atoms with E-state index in [1.54, 1.807) is 0 Å². The predicted molar refractivity (Wildman–Crippen MR) is 86.0 cm³/mol. The molecule has 4 heteroatoms. The maximum absolute atomic E-state index is 12.1. The highest BCUT2D eigenvalue weighted by atomic mass is 35.5. The van der Waals surface area contributed by atoms with Crippen molar-refractivity contribution in [1.82, 2.24) is 5.32 Å². The van der Waals surface area contributed by atoms with Crippen LogP contribution in [0.2, 0.25) is 5.02 Å². The fraction of sp³-hybridized carbons (Fsp3) is 0.235. The molecule has 0 spiro atoms. The standard InChI is InChI=1S/C17H17ClN2O/c1-11-15(18)7-4-8-16(11)20-17(21)19-14-9-12-5-2-3-6-13(12)10-14/h2-8,14H,9-10H2,1H3,(H2,19,20,21). The first-order chi connectivity index (χ1) is 10.1. The minimum Gasteiger partial charge on any atom is -0.334 e. The van der Waals surface area contributed by atoms with Crippen LogP contribution in [0.15, 0.2) is 42.5 Å². The molecule has 2 aromatic rings. The van der Waals surface area contributed by atoms with Crippen molar-refractivity contribution < 1.29 is 4.79 Å². The molecule has 21 heavy (non-hydrogen) atoms. The molecule has 0 aromatic heterocycles. The van der Waals surface area contributed by atoms with E-state index in [1.165, 1.54) is 11.1 Å². The number of halogens is 1. The van der Waals surface area contributed by atoms with Crippen LogP contribution < -0.4 is 10.6 Å². The lowest BCUT2D eigenvalue weighted by Gasteiger charge is -2.14. The molecule has 0 saturated heterocycles. The number of urea groups is 1. The van der Waals surface area contributed by atoms with Gasteiger partial charge in [-0.25, -0.2) is 4.79 Å². The third kappa shape index (κ3) is 3.03. The van der Waals surface area contributed by atoms with Gasteiger partial charge in [0, 0.05) is 16.8 Å². The maximum Gasteiger partial charge on any atom is 0.319 e. The number of amides is 2. The molecule has 0 bridgehead atoms. The number of rotatable bonds is 2. The van der Waals surface area contributed by atoms with Crippen LogP contribution in [0.25, 0.3) is 0 Å². The smallest absolute Gasteiger partial charge is 0.319 e. The lowest BCUT2D eigenvalue weighted by Crippen LogP contribution is -2.38. The van der Waals surface area contributed by atoms with Gasteiger partial charge in [0.25, 0.3) is 0 Å². The third-order valence-electron chi connectivity index (χ3n) is 3.90. The van der Waals surface area contributed by atoms with Crippen LogP contribution in [0, 0.1) is 6.92 Å². The van der Waals surface area contributed by atoms with Gasteiger partial charge < -0.3 is 10.6 Å². The molecule has 1 aliphatic carbocycles. The maximum atomic E-state index is 12.1. The SMILES string of the molecule is Cc1c(Cl)cccc1NC(=O)NC1Cc2ccccc2C1. The second-order valence-corrected chi connectivity index (χ2v) is 5.79. The third-order valence-corrected chi connectivity index (χ3v) is 4.31. The van der Waals surface area contributed by atoms with Crippen LogP contribution in [-0.2, 0) is 12.8 Å². The zero-order valence-electron chi connectivity index (χ0n) is 11.8. The fourth-order valence-corrected chi connectivity index (χ4v) is 2.92. The molecule has 2 amide bonds. The highest BCUT2D eigenvalue weighted by Crippen LogP contribution is 2.24. The summed E-state index contributed by atoms with van der Waals surface area (Å²) in [5, 5.41) is 6.55. The number of hydrogen-bond donors (Lipinski definition) is 2. The summed E-state index contributed by atoms with van der Waals surface area (Å²) in [4.78, 5) is 12.1. The molecule has 108 valence electrons. The topological polar surface area (TPSA) is 41.1 Å². The second-order valence-electron chi connectivity index (χ2n) is 5.38. The van der Waals surface area contributed by atoms with E-state index in [1.807, 2.05) is 37.3 Å². The summed E-state index contributed by atoms with van der Waals surface area (Å²) in [6.45, 7) is 1.89. The number of carbonyl (C=O) groups is 1. The molecular formula is C17H17ClN2O. The Kier molecular flexibility index (Phi) is 3.84. The van der Waals surface area contributed by atoms with Crippen LogP contribution in [0.4, 0.5) is 10.5 Å². The Hall–Kier alpha value is -2.00. The first-order valence-corrected chi connectivity index (χ1v) is 7.40. The Morgan fingerprint density at radius 2 is 1.76 bits per heavy atom. The first-order valence-electron chi connectivity index (χ1n) is 7.03. The Bertz CT molecular complexity index is 659. The highest BCUT2D eigenvalue weighted by Gasteiger charge is 2.22. The molecule has 0 fully saturated rings. The molecule has 0 atom stereocenters. The van der Waals surface area contributed by atoms with Gasteiger partial charge in [-0.05, 0) is 48.6 Å². The lowest BCUT2D eigenvalue weighted by atomic mass is 10.1. The first kappa shape index (κ1) is 14.0. The summed E-state index contributed by atoms with van der Waals surface area (Å²) >= 11 is 6.06. The summed E-state index contributed by atoms with van der Waals surface area (Å²) in [5.41, 5.74) is 4.27. The highest BCUT2D eigenvalue weighted by molar-refractivity contribution is 6.31. The Morgan fingerprint density at radius 3 is 2.43 bits per heavy atom. The Balaban J connectivity index is 1.62. The van der Waals surface area contributed by atoms with Crippen LogP contribution in [0.1, 0.15) is 16.7 Å². The molecule has 2 N–H and O–H groups in total. The molecule has 0 radical (unpaired) electrons. The van der Waals surface area contributed by atoms with Crippen molar-refractivity contribution in [2.75, 3.05) is 5.32 Å². The van der Waals surface area contributed by atoms with Crippen LogP contribution in [0.3, 0.4) is 0 Å². The van der Waals surface area contributed by atoms with Gasteiger partial charge in [0.15, 0.2) is 0 Å². The number of benzene rings is 2. The Morgan fingerprint density at radius 1 is 1.10 bits per heavy atom. The number of fused-ring (bicyclic) bond motifs is 1. The van der Waals surface area contributed by atoms with Crippen LogP contribution in [0.5, 0.6) is 0 Å². The van der Waals surface area contributed by atoms with Gasteiger partial charge in [-0.2, -0.15) is 0 Å². The molecule has 0 unspecified atom stereocenters. The summed E-state index contributed by atoms with van der Waals surface area (Å²) in [5.74, 6) is 0. The lowest BCUT2D eigenvalue weighted by molar-refractivity contribution is 0.249. The number of nitrogens with one attached hydrogen (secondary N) is 2. The van der Waals surface area contributed by atoms with Gasteiger partial charge in [-0.1, -0.05) is 41.9 Å². The number of carbonyl (C=O) groups excluding carboxylic acids is 1. The van der Waals surface area contributed by atoms with Gasteiger partial charge in [0.05, 0.1) is 0 Å². The van der Waals surface area contributed by atoms with Crippen molar-refractivity contribution in [1.29, 1.82) is 0 Å². The van der Waals surface area contributed by atoms with E-state index in [0.29, 0.717) is 5.02 Å². The van der Waals surface area contributed by atoms with Crippen molar-refractivity contribution >= 4 is 23.3 Å². The average Bonchev–Trinajstić information content (AvgIpc) is 2.86. The largest absolute Gasteiger partial charge is 0.334 e. The number of hydrogen-bond acceptors (Lipinski definition) is 1. The molecular weight excluding hydrogens is 284 g/mol. The molecule has 0 heterocycles. The second kappa shape index (κ2) is 5.78. The van der Waals surface area contributed by atoms with E-state index in [0.717, 1.165) is 24.1 Å². The molecule has 2 aromatic carbocycles. The molecule has 3 rings (SSSR count). The van der Waals surface area contributed by atoms with Gasteiger partial charge in [0.1, 0.15) is 0 Å². The molecule has 0 aliphatic heterocycles. The van der Waals surface area contributed by atoms with Crippen molar-refractivity contribution in [3.8, 4) is 0 Å². The van der Waals surface area contributed by atoms with E-state index in [-0.39, 0.29) is 12.1 Å². The molecule has 3 nitrogen and oxygen atoms in total. The van der Waals surface area contributed by atoms with E-state index in [4.69, 9.17) is 11.6 Å². The quantitative estimate of drug-likeness (QED) is 0.866. The normalized spacial score (nSPS) is 13.8. The molecule has 1 aliphatic rings. The summed E-state index contributed by atoms with van der Waals surface area (Å²) in [7, 11) is 0. The summed E-state index contributed by atoms with van der Waals surface area (Å²) in [6, 6.07) is 13.8. The van der Waals surface area contributed by atoms with Crippen molar-refractivity contribution in [2.24, 2.45) is 0 Å². The average molecular weight is 301 g/mol. The zero-order chi connectivity index (χ0) is 14.8. The van der Waals surface area contributed by atoms with Crippen molar-refractivity contribution in [3.63, 3.8) is 0 Å². The van der Waals surface area contributed by atoms with E-state index >= 15 is 0 Å². The van der Waals surface area contributed by atoms with E-state index in [2.05, 4.69) is 22.8 Å². The van der Waals surface area contributed by atoms with Gasteiger partial charge in [0.2, 0.25) is 0 Å². The van der Waals surface area contributed by atoms with E-state index < -0.39 is 0 Å². The van der Waals surface area contributed by atoms with Crippen molar-refractivity contribution in [3.05, 3.63) is 64.2 Å². The Labute approximate surface area is 129 Å². The van der Waals surface area contributed by atoms with Crippen molar-refractivity contribution in [2.45, 2.75) is 25.8 Å². The molecule has 0 saturated carbocycles.